The van der Waals surface area contributed by atoms with Crippen molar-refractivity contribution < 1.29 is 9.90 Å². The molecule has 3 aromatic rings. The second kappa shape index (κ2) is 8.98. The molecular formula is C20H21N7O2. The van der Waals surface area contributed by atoms with Gasteiger partial charge in [0.05, 0.1) is 6.61 Å². The number of rotatable bonds is 6. The van der Waals surface area contributed by atoms with Crippen LogP contribution in [0.15, 0.2) is 48.8 Å². The Morgan fingerprint density at radius 1 is 1.21 bits per heavy atom. The average molecular weight is 391 g/mol. The highest BCUT2D eigenvalue weighted by molar-refractivity contribution is 5.92. The number of hydrogen-bond donors (Lipinski definition) is 4. The number of nitrogens with zero attached hydrogens (tertiary/aromatic N) is 4. The monoisotopic (exact) mass is 391 g/mol. The van der Waals surface area contributed by atoms with Gasteiger partial charge in [-0.1, -0.05) is 18.2 Å². The molecule has 0 saturated heterocycles. The number of amides is 1. The van der Waals surface area contributed by atoms with E-state index in [1.54, 1.807) is 12.4 Å². The van der Waals surface area contributed by atoms with E-state index in [2.05, 4.69) is 20.4 Å². The first kappa shape index (κ1) is 20.0. The van der Waals surface area contributed by atoms with E-state index in [1.807, 2.05) is 31.2 Å². The molecule has 0 atom stereocenters. The molecule has 1 amide bonds. The molecule has 3 rings (SSSR count). The van der Waals surface area contributed by atoms with Gasteiger partial charge >= 0.3 is 0 Å². The Kier molecular flexibility index (Phi) is 6.20. The second-order valence-electron chi connectivity index (χ2n) is 6.40. The van der Waals surface area contributed by atoms with Crippen molar-refractivity contribution in [3.8, 4) is 11.4 Å². The smallest absolute Gasteiger partial charge is 0.271 e. The molecular weight excluding hydrogens is 370 g/mol. The summed E-state index contributed by atoms with van der Waals surface area (Å²) >= 11 is 0. The average Bonchev–Trinajstić information content (AvgIpc) is 2.73. The van der Waals surface area contributed by atoms with Crippen molar-refractivity contribution in [1.29, 1.82) is 10.8 Å². The van der Waals surface area contributed by atoms with Crippen LogP contribution < -0.4 is 10.8 Å². The fraction of sp³-hybridized carbons (Fsp3) is 0.200. The van der Waals surface area contributed by atoms with E-state index in [1.165, 1.54) is 12.1 Å². The molecule has 2 heterocycles. The van der Waals surface area contributed by atoms with Crippen LogP contribution in [0.25, 0.3) is 11.4 Å². The van der Waals surface area contributed by atoms with E-state index >= 15 is 0 Å². The van der Waals surface area contributed by atoms with Gasteiger partial charge in [-0.15, -0.1) is 0 Å². The van der Waals surface area contributed by atoms with Crippen molar-refractivity contribution in [1.82, 2.24) is 25.1 Å². The van der Waals surface area contributed by atoms with Crippen LogP contribution in [0.1, 0.15) is 21.6 Å². The van der Waals surface area contributed by atoms with Gasteiger partial charge < -0.3 is 10.4 Å². The molecule has 9 heteroatoms. The number of benzene rings is 1. The predicted octanol–water partition coefficient (Wildman–Crippen LogP) is 0.918. The summed E-state index contributed by atoms with van der Waals surface area (Å²) in [5.41, 5.74) is 2.70. The Morgan fingerprint density at radius 2 is 1.97 bits per heavy atom. The fourth-order valence-corrected chi connectivity index (χ4v) is 2.64. The number of carbonyl (C=O) groups is 1. The first-order valence-corrected chi connectivity index (χ1v) is 8.97. The third-order valence-electron chi connectivity index (χ3n) is 4.06. The Hall–Kier alpha value is -3.72. The van der Waals surface area contributed by atoms with E-state index in [-0.39, 0.29) is 36.6 Å². The molecule has 0 unspecified atom stereocenters. The summed E-state index contributed by atoms with van der Waals surface area (Å²) in [6.45, 7) is 1.84. The molecule has 0 fully saturated rings. The van der Waals surface area contributed by atoms with Gasteiger partial charge in [-0.25, -0.2) is 14.6 Å². The molecule has 0 aliphatic rings. The molecule has 9 nitrogen and oxygen atoms in total. The van der Waals surface area contributed by atoms with Crippen molar-refractivity contribution in [2.75, 3.05) is 13.2 Å². The van der Waals surface area contributed by atoms with E-state index in [4.69, 9.17) is 15.9 Å². The Labute approximate surface area is 167 Å². The minimum atomic E-state index is -0.473. The zero-order valence-corrected chi connectivity index (χ0v) is 15.9. The standard InChI is InChI=1S/C20H21N7O2/c1-13-11-24-19(25-12-13)15-4-2-3-14(9-15)10-18(22)27-17(21)6-5-16(26-27)20(29)23-7-8-28/h2-6,9,11-12,21-22,28H,7-8,10H2,1H3,(H,23,29). The number of aryl methyl sites for hydroxylation is 1. The van der Waals surface area contributed by atoms with Gasteiger partial charge in [0.15, 0.2) is 5.82 Å². The molecule has 0 spiro atoms. The van der Waals surface area contributed by atoms with Crippen molar-refractivity contribution in [2.45, 2.75) is 13.3 Å². The summed E-state index contributed by atoms with van der Waals surface area (Å²) in [4.78, 5) is 20.7. The third kappa shape index (κ3) is 4.96. The lowest BCUT2D eigenvalue weighted by atomic mass is 10.1. The van der Waals surface area contributed by atoms with Crippen molar-refractivity contribution >= 4 is 11.7 Å². The minimum absolute atomic E-state index is 0.00766. The minimum Gasteiger partial charge on any atom is -0.395 e. The second-order valence-corrected chi connectivity index (χ2v) is 6.40. The van der Waals surface area contributed by atoms with Gasteiger partial charge in [-0.05, 0) is 36.2 Å². The van der Waals surface area contributed by atoms with Crippen molar-refractivity contribution in [3.63, 3.8) is 0 Å². The van der Waals surface area contributed by atoms with Crippen molar-refractivity contribution in [3.05, 3.63) is 71.1 Å². The molecule has 148 valence electrons. The fourth-order valence-electron chi connectivity index (χ4n) is 2.64. The third-order valence-corrected chi connectivity index (χ3v) is 4.06. The molecule has 4 N–H and O–H groups in total. The summed E-state index contributed by atoms with van der Waals surface area (Å²) in [7, 11) is 0. The van der Waals surface area contributed by atoms with Crippen LogP contribution in [0.3, 0.4) is 0 Å². The lowest BCUT2D eigenvalue weighted by molar-refractivity contribution is 0.0938. The number of aromatic nitrogens is 4. The highest BCUT2D eigenvalue weighted by Crippen LogP contribution is 2.16. The predicted molar refractivity (Wildman–Crippen MR) is 107 cm³/mol. The SMILES string of the molecule is Cc1cnc(-c2cccc(CC(=N)n3nc(C(=O)NCCO)ccc3=N)c2)nc1. The quantitative estimate of drug-likeness (QED) is 0.365. The van der Waals surface area contributed by atoms with Gasteiger partial charge in [0.25, 0.3) is 5.91 Å². The van der Waals surface area contributed by atoms with Crippen LogP contribution in [0.4, 0.5) is 0 Å². The van der Waals surface area contributed by atoms with E-state index in [0.29, 0.717) is 5.82 Å². The summed E-state index contributed by atoms with van der Waals surface area (Å²) in [6.07, 6.45) is 3.71. The zero-order chi connectivity index (χ0) is 20.8. The molecule has 2 aromatic heterocycles. The highest BCUT2D eigenvalue weighted by Gasteiger charge is 2.11. The van der Waals surface area contributed by atoms with E-state index < -0.39 is 5.91 Å². The van der Waals surface area contributed by atoms with Crippen LogP contribution in [0.2, 0.25) is 0 Å². The van der Waals surface area contributed by atoms with E-state index in [9.17, 15) is 4.79 Å². The van der Waals surface area contributed by atoms with Crippen LogP contribution >= 0.6 is 0 Å². The van der Waals surface area contributed by atoms with Crippen LogP contribution in [0, 0.1) is 17.7 Å². The summed E-state index contributed by atoms with van der Waals surface area (Å²) in [6, 6.07) is 10.3. The van der Waals surface area contributed by atoms with Crippen LogP contribution in [0.5, 0.6) is 0 Å². The molecule has 0 radical (unpaired) electrons. The Balaban J connectivity index is 1.81. The molecule has 1 aromatic carbocycles. The summed E-state index contributed by atoms with van der Waals surface area (Å²) < 4.78 is 1.11. The largest absolute Gasteiger partial charge is 0.395 e. The normalized spacial score (nSPS) is 10.6. The van der Waals surface area contributed by atoms with Crippen LogP contribution in [-0.2, 0) is 6.42 Å². The number of aliphatic hydroxyl groups excluding tert-OH is 1. The number of nitrogens with one attached hydrogen (secondary N) is 3. The molecule has 0 bridgehead atoms. The maximum Gasteiger partial charge on any atom is 0.271 e. The van der Waals surface area contributed by atoms with E-state index in [0.717, 1.165) is 21.4 Å². The first-order chi connectivity index (χ1) is 14.0. The number of hydrogen-bond acceptors (Lipinski definition) is 7. The molecule has 0 aliphatic carbocycles. The first-order valence-electron chi connectivity index (χ1n) is 8.97. The van der Waals surface area contributed by atoms with Gasteiger partial charge in [-0.3, -0.25) is 15.6 Å². The maximum absolute atomic E-state index is 12.0. The number of carbonyl (C=O) groups excluding carboxylic acids is 1. The summed E-state index contributed by atoms with van der Waals surface area (Å²) in [5.74, 6) is 0.173. The Morgan fingerprint density at radius 3 is 2.69 bits per heavy atom. The maximum atomic E-state index is 12.0. The van der Waals surface area contributed by atoms with Gasteiger partial charge in [0.1, 0.15) is 17.0 Å². The topological polar surface area (TPSA) is 141 Å². The lowest BCUT2D eigenvalue weighted by Crippen LogP contribution is -2.34. The molecule has 29 heavy (non-hydrogen) atoms. The Bertz CT molecular complexity index is 1090. The van der Waals surface area contributed by atoms with Gasteiger partial charge in [0, 0.05) is 30.9 Å². The zero-order valence-electron chi connectivity index (χ0n) is 15.9. The van der Waals surface area contributed by atoms with Crippen molar-refractivity contribution in [2.24, 2.45) is 0 Å². The lowest BCUT2D eigenvalue weighted by Gasteiger charge is -2.10. The molecule has 0 aliphatic heterocycles. The number of aliphatic hydroxyl groups is 1. The molecule has 0 saturated carbocycles. The highest BCUT2D eigenvalue weighted by atomic mass is 16.3. The van der Waals surface area contributed by atoms with Gasteiger partial charge in [0.2, 0.25) is 0 Å². The van der Waals surface area contributed by atoms with Gasteiger partial charge in [-0.2, -0.15) is 5.10 Å². The summed E-state index contributed by atoms with van der Waals surface area (Å²) in [5, 5.41) is 31.8. The van der Waals surface area contributed by atoms with Crippen LogP contribution in [-0.4, -0.2) is 49.7 Å².